The topological polar surface area (TPSA) is 55.1 Å². The third kappa shape index (κ3) is 3.08. The van der Waals surface area contributed by atoms with E-state index in [1.165, 1.54) is 5.69 Å². The molecule has 4 heteroatoms. The van der Waals surface area contributed by atoms with Gasteiger partial charge in [-0.3, -0.25) is 9.48 Å². The zero-order valence-electron chi connectivity index (χ0n) is 10.2. The third-order valence-electron chi connectivity index (χ3n) is 2.66. The number of carbonyl (C=O) groups is 1. The van der Waals surface area contributed by atoms with Gasteiger partial charge in [0.1, 0.15) is 0 Å². The molecule has 4 nitrogen and oxygen atoms in total. The lowest BCUT2D eigenvalue weighted by atomic mass is 10.1. The summed E-state index contributed by atoms with van der Waals surface area (Å²) in [6, 6.07) is 2.03. The number of carboxylic acids is 1. The predicted octanol–water partition coefficient (Wildman–Crippen LogP) is 2.12. The molecule has 0 spiro atoms. The van der Waals surface area contributed by atoms with Crippen molar-refractivity contribution in [3.05, 3.63) is 17.5 Å². The molecule has 0 amide bonds. The quantitative estimate of drug-likeness (QED) is 0.805. The molecule has 0 radical (unpaired) electrons. The Hall–Kier alpha value is -1.32. The van der Waals surface area contributed by atoms with Gasteiger partial charge in [0.05, 0.1) is 11.6 Å². The van der Waals surface area contributed by atoms with E-state index in [1.807, 2.05) is 10.7 Å². The van der Waals surface area contributed by atoms with Gasteiger partial charge in [0, 0.05) is 18.7 Å². The maximum absolute atomic E-state index is 10.8. The first kappa shape index (κ1) is 12.7. The van der Waals surface area contributed by atoms with Crippen molar-refractivity contribution in [3.63, 3.8) is 0 Å². The Kier molecular flexibility index (Phi) is 4.52. The largest absolute Gasteiger partial charge is 0.481 e. The van der Waals surface area contributed by atoms with Gasteiger partial charge in [-0.15, -0.1) is 0 Å². The Balaban J connectivity index is 2.78. The fourth-order valence-electron chi connectivity index (χ4n) is 1.75. The summed E-state index contributed by atoms with van der Waals surface area (Å²) in [5.74, 6) is -1.13. The van der Waals surface area contributed by atoms with Crippen molar-refractivity contribution in [3.8, 4) is 0 Å². The molecule has 0 aliphatic heterocycles. The second-order valence-electron chi connectivity index (χ2n) is 4.14. The molecule has 1 atom stereocenters. The van der Waals surface area contributed by atoms with Gasteiger partial charge in [-0.2, -0.15) is 5.10 Å². The van der Waals surface area contributed by atoms with Crippen molar-refractivity contribution >= 4 is 5.97 Å². The van der Waals surface area contributed by atoms with Crippen LogP contribution in [0.5, 0.6) is 0 Å². The fraction of sp³-hybridized carbons (Fsp3) is 0.667. The highest BCUT2D eigenvalue weighted by Crippen LogP contribution is 2.12. The summed E-state index contributed by atoms with van der Waals surface area (Å²) >= 11 is 0. The molecule has 1 N–H and O–H groups in total. The first-order chi connectivity index (χ1) is 7.58. The lowest BCUT2D eigenvalue weighted by molar-refractivity contribution is -0.141. The van der Waals surface area contributed by atoms with Gasteiger partial charge in [0.15, 0.2) is 0 Å². The van der Waals surface area contributed by atoms with Gasteiger partial charge in [-0.25, -0.2) is 0 Å². The molecule has 0 bridgehead atoms. The molecule has 1 aromatic rings. The molecule has 0 fully saturated rings. The van der Waals surface area contributed by atoms with Gasteiger partial charge in [0.2, 0.25) is 0 Å². The normalized spacial score (nSPS) is 12.7. The van der Waals surface area contributed by atoms with Crippen LogP contribution in [0.25, 0.3) is 0 Å². The molecule has 1 unspecified atom stereocenters. The number of nitrogens with zero attached hydrogens (tertiary/aromatic N) is 2. The maximum atomic E-state index is 10.8. The van der Waals surface area contributed by atoms with Crippen LogP contribution in [0.4, 0.5) is 0 Å². The number of hydrogen-bond donors (Lipinski definition) is 1. The summed E-state index contributed by atoms with van der Waals surface area (Å²) < 4.78 is 1.97. The van der Waals surface area contributed by atoms with E-state index < -0.39 is 5.97 Å². The van der Waals surface area contributed by atoms with E-state index in [2.05, 4.69) is 18.9 Å². The Bertz CT molecular complexity index is 358. The van der Waals surface area contributed by atoms with Crippen molar-refractivity contribution in [2.24, 2.45) is 5.92 Å². The lowest BCUT2D eigenvalue weighted by Gasteiger charge is -2.02. The highest BCUT2D eigenvalue weighted by Gasteiger charge is 2.14. The number of hydrogen-bond acceptors (Lipinski definition) is 2. The van der Waals surface area contributed by atoms with E-state index in [9.17, 15) is 4.79 Å². The minimum atomic E-state index is -0.761. The van der Waals surface area contributed by atoms with Crippen LogP contribution in [0.1, 0.15) is 38.6 Å². The van der Waals surface area contributed by atoms with Crippen LogP contribution in [-0.4, -0.2) is 20.9 Å². The number of aryl methyl sites for hydroxylation is 2. The standard InChI is InChI=1S/C12H20N2O2/c1-4-6-11-8-10(13-14(11)5-2)7-9(3)12(15)16/h8-9H,4-7H2,1-3H3,(H,15,16). The summed E-state index contributed by atoms with van der Waals surface area (Å²) in [6.45, 7) is 6.74. The second-order valence-corrected chi connectivity index (χ2v) is 4.14. The van der Waals surface area contributed by atoms with Crippen LogP contribution in [0.3, 0.4) is 0 Å². The fourth-order valence-corrected chi connectivity index (χ4v) is 1.75. The van der Waals surface area contributed by atoms with Crippen LogP contribution in [0.15, 0.2) is 6.07 Å². The SMILES string of the molecule is CCCc1cc(CC(C)C(=O)O)nn1CC. The molecule has 0 saturated heterocycles. The molecule has 1 aromatic heterocycles. The molecular formula is C12H20N2O2. The molecular weight excluding hydrogens is 204 g/mol. The van der Waals surface area contributed by atoms with Gasteiger partial charge in [0.25, 0.3) is 0 Å². The molecule has 1 heterocycles. The number of carboxylic acid groups (broad SMARTS) is 1. The van der Waals surface area contributed by atoms with E-state index in [4.69, 9.17) is 5.11 Å². The van der Waals surface area contributed by atoms with Gasteiger partial charge >= 0.3 is 5.97 Å². The van der Waals surface area contributed by atoms with Gasteiger partial charge in [-0.05, 0) is 19.4 Å². The van der Waals surface area contributed by atoms with E-state index in [1.54, 1.807) is 6.92 Å². The zero-order chi connectivity index (χ0) is 12.1. The predicted molar refractivity (Wildman–Crippen MR) is 62.4 cm³/mol. The Morgan fingerprint density at radius 1 is 1.56 bits per heavy atom. The summed E-state index contributed by atoms with van der Waals surface area (Å²) in [5, 5.41) is 13.3. The molecule has 0 saturated carbocycles. The Labute approximate surface area is 96.3 Å². The van der Waals surface area contributed by atoms with E-state index in [0.717, 1.165) is 25.1 Å². The average Bonchev–Trinajstić information content (AvgIpc) is 2.60. The Morgan fingerprint density at radius 3 is 2.75 bits per heavy atom. The molecule has 90 valence electrons. The first-order valence-corrected chi connectivity index (χ1v) is 5.86. The molecule has 0 aliphatic rings. The van der Waals surface area contributed by atoms with Crippen LogP contribution < -0.4 is 0 Å². The van der Waals surface area contributed by atoms with Crippen LogP contribution >= 0.6 is 0 Å². The average molecular weight is 224 g/mol. The van der Waals surface area contributed by atoms with Gasteiger partial charge < -0.3 is 5.11 Å². The van der Waals surface area contributed by atoms with Crippen molar-refractivity contribution in [2.75, 3.05) is 0 Å². The molecule has 1 rings (SSSR count). The van der Waals surface area contributed by atoms with E-state index in [-0.39, 0.29) is 5.92 Å². The van der Waals surface area contributed by atoms with Crippen LogP contribution in [-0.2, 0) is 24.2 Å². The van der Waals surface area contributed by atoms with Crippen molar-refractivity contribution in [1.82, 2.24) is 9.78 Å². The molecule has 0 aromatic carbocycles. The number of aromatic nitrogens is 2. The number of rotatable bonds is 6. The second kappa shape index (κ2) is 5.68. The summed E-state index contributed by atoms with van der Waals surface area (Å²) in [6.07, 6.45) is 2.60. The monoisotopic (exact) mass is 224 g/mol. The first-order valence-electron chi connectivity index (χ1n) is 5.86. The zero-order valence-corrected chi connectivity index (χ0v) is 10.2. The summed E-state index contributed by atoms with van der Waals surface area (Å²) in [5.41, 5.74) is 2.10. The van der Waals surface area contributed by atoms with E-state index in [0.29, 0.717) is 6.42 Å². The van der Waals surface area contributed by atoms with E-state index >= 15 is 0 Å². The third-order valence-corrected chi connectivity index (χ3v) is 2.66. The van der Waals surface area contributed by atoms with Crippen LogP contribution in [0.2, 0.25) is 0 Å². The maximum Gasteiger partial charge on any atom is 0.306 e. The minimum Gasteiger partial charge on any atom is -0.481 e. The smallest absolute Gasteiger partial charge is 0.306 e. The molecule has 0 aliphatic carbocycles. The highest BCUT2D eigenvalue weighted by molar-refractivity contribution is 5.69. The van der Waals surface area contributed by atoms with Gasteiger partial charge in [-0.1, -0.05) is 20.3 Å². The van der Waals surface area contributed by atoms with Crippen molar-refractivity contribution in [1.29, 1.82) is 0 Å². The molecule has 16 heavy (non-hydrogen) atoms. The van der Waals surface area contributed by atoms with Crippen molar-refractivity contribution in [2.45, 2.75) is 46.6 Å². The number of aliphatic carboxylic acids is 1. The summed E-state index contributed by atoms with van der Waals surface area (Å²) in [7, 11) is 0. The lowest BCUT2D eigenvalue weighted by Crippen LogP contribution is -2.12. The summed E-state index contributed by atoms with van der Waals surface area (Å²) in [4.78, 5) is 10.8. The Morgan fingerprint density at radius 2 is 2.25 bits per heavy atom. The van der Waals surface area contributed by atoms with Crippen molar-refractivity contribution < 1.29 is 9.90 Å². The highest BCUT2D eigenvalue weighted by atomic mass is 16.4. The minimum absolute atomic E-state index is 0.366. The van der Waals surface area contributed by atoms with Crippen LogP contribution in [0, 0.1) is 5.92 Å².